The monoisotopic (exact) mass is 320 g/mol. The minimum absolute atomic E-state index is 0. The van der Waals surface area contributed by atoms with Crippen molar-refractivity contribution in [3.05, 3.63) is 48.3 Å². The summed E-state index contributed by atoms with van der Waals surface area (Å²) in [6.45, 7) is 0.522. The summed E-state index contributed by atoms with van der Waals surface area (Å²) in [6, 6.07) is 9.89. The lowest BCUT2D eigenvalue weighted by molar-refractivity contribution is -0.121. The maximum Gasteiger partial charge on any atom is 0.224 e. The van der Waals surface area contributed by atoms with Gasteiger partial charge in [0, 0.05) is 25.0 Å². The smallest absolute Gasteiger partial charge is 0.224 e. The third-order valence-corrected chi connectivity index (χ3v) is 3.86. The van der Waals surface area contributed by atoms with E-state index in [9.17, 15) is 4.79 Å². The zero-order valence-corrected chi connectivity index (χ0v) is 13.1. The molecule has 1 aromatic heterocycles. The van der Waals surface area contributed by atoms with E-state index in [0.29, 0.717) is 18.9 Å². The first-order valence-corrected chi connectivity index (χ1v) is 7.34. The van der Waals surface area contributed by atoms with E-state index in [1.54, 1.807) is 10.9 Å². The second-order valence-corrected chi connectivity index (χ2v) is 5.54. The quantitative estimate of drug-likeness (QED) is 0.850. The first kappa shape index (κ1) is 16.5. The summed E-state index contributed by atoms with van der Waals surface area (Å²) in [4.78, 5) is 12.0. The van der Waals surface area contributed by atoms with Gasteiger partial charge in [0.25, 0.3) is 0 Å². The predicted octanol–water partition coefficient (Wildman–Crippen LogP) is 1.69. The maximum atomic E-state index is 12.0. The van der Waals surface area contributed by atoms with Crippen LogP contribution in [0.15, 0.2) is 42.7 Å². The summed E-state index contributed by atoms with van der Waals surface area (Å²) < 4.78 is 1.79. The molecular weight excluding hydrogens is 300 g/mol. The summed E-state index contributed by atoms with van der Waals surface area (Å²) in [6.07, 6.45) is 6.39. The van der Waals surface area contributed by atoms with E-state index < -0.39 is 0 Å². The van der Waals surface area contributed by atoms with Crippen LogP contribution in [0.4, 0.5) is 0 Å². The molecule has 22 heavy (non-hydrogen) atoms. The van der Waals surface area contributed by atoms with Gasteiger partial charge in [0.05, 0.1) is 12.1 Å². The minimum Gasteiger partial charge on any atom is -0.352 e. The number of carbonyl (C=O) groups excluding carboxylic acids is 1. The molecule has 6 heteroatoms. The van der Waals surface area contributed by atoms with Crippen LogP contribution in [0.2, 0.25) is 0 Å². The van der Waals surface area contributed by atoms with Crippen molar-refractivity contribution in [3.63, 3.8) is 0 Å². The Labute approximate surface area is 136 Å². The van der Waals surface area contributed by atoms with Crippen LogP contribution in [0.3, 0.4) is 0 Å². The first-order valence-electron chi connectivity index (χ1n) is 7.34. The van der Waals surface area contributed by atoms with Crippen LogP contribution in [0, 0.1) is 5.92 Å². The van der Waals surface area contributed by atoms with Gasteiger partial charge in [-0.3, -0.25) is 4.79 Å². The molecule has 1 amide bonds. The Kier molecular flexibility index (Phi) is 5.57. The average molecular weight is 321 g/mol. The molecule has 3 N–H and O–H groups in total. The summed E-state index contributed by atoms with van der Waals surface area (Å²) in [5.41, 5.74) is 7.69. The number of nitrogens with zero attached hydrogens (tertiary/aromatic N) is 2. The van der Waals surface area contributed by atoms with Gasteiger partial charge in [0.15, 0.2) is 0 Å². The predicted molar refractivity (Wildman–Crippen MR) is 88.2 cm³/mol. The maximum absolute atomic E-state index is 12.0. The van der Waals surface area contributed by atoms with Crippen molar-refractivity contribution >= 4 is 18.3 Å². The van der Waals surface area contributed by atoms with Gasteiger partial charge >= 0.3 is 0 Å². The Morgan fingerprint density at radius 2 is 2.09 bits per heavy atom. The van der Waals surface area contributed by atoms with Gasteiger partial charge in [0.2, 0.25) is 5.91 Å². The number of benzene rings is 1. The van der Waals surface area contributed by atoms with Gasteiger partial charge in [-0.15, -0.1) is 12.4 Å². The molecule has 0 aliphatic heterocycles. The second kappa shape index (κ2) is 7.42. The highest BCUT2D eigenvalue weighted by Crippen LogP contribution is 2.32. The Bertz CT molecular complexity index is 593. The highest BCUT2D eigenvalue weighted by molar-refractivity contribution is 5.85. The minimum atomic E-state index is 0. The Hall–Kier alpha value is -1.85. The third kappa shape index (κ3) is 4.08. The summed E-state index contributed by atoms with van der Waals surface area (Å²) >= 11 is 0. The van der Waals surface area contributed by atoms with Crippen LogP contribution in [0.25, 0.3) is 5.69 Å². The standard InChI is InChI=1S/C16H20N4O.ClH/c17-11-15(13-4-5-13)19-16(21)10-12-2-6-14(7-3-12)20-9-1-8-18-20;/h1-3,6-9,13,15H,4-5,10-11,17H2,(H,19,21);1H. The molecule has 0 radical (unpaired) electrons. The van der Waals surface area contributed by atoms with Crippen LogP contribution in [-0.4, -0.2) is 28.3 Å². The van der Waals surface area contributed by atoms with Gasteiger partial charge < -0.3 is 11.1 Å². The zero-order valence-electron chi connectivity index (χ0n) is 12.3. The fraction of sp³-hybridized carbons (Fsp3) is 0.375. The fourth-order valence-electron chi connectivity index (χ4n) is 2.50. The highest BCUT2D eigenvalue weighted by Gasteiger charge is 2.31. The van der Waals surface area contributed by atoms with Crippen molar-refractivity contribution in [1.29, 1.82) is 0 Å². The molecule has 0 saturated heterocycles. The Morgan fingerprint density at radius 1 is 1.36 bits per heavy atom. The number of carbonyl (C=O) groups is 1. The van der Waals surface area contributed by atoms with Gasteiger partial charge in [-0.25, -0.2) is 4.68 Å². The van der Waals surface area contributed by atoms with Crippen molar-refractivity contribution in [2.45, 2.75) is 25.3 Å². The van der Waals surface area contributed by atoms with Crippen LogP contribution in [0.5, 0.6) is 0 Å². The number of rotatable bonds is 6. The van der Waals surface area contributed by atoms with Crippen molar-refractivity contribution in [2.24, 2.45) is 11.7 Å². The molecular formula is C16H21ClN4O. The number of aromatic nitrogens is 2. The van der Waals surface area contributed by atoms with Crippen molar-refractivity contribution < 1.29 is 4.79 Å². The van der Waals surface area contributed by atoms with E-state index >= 15 is 0 Å². The van der Waals surface area contributed by atoms with Crippen molar-refractivity contribution in [3.8, 4) is 5.69 Å². The van der Waals surface area contributed by atoms with E-state index in [1.807, 2.05) is 36.5 Å². The number of halogens is 1. The van der Waals surface area contributed by atoms with E-state index in [-0.39, 0.29) is 24.4 Å². The molecule has 1 fully saturated rings. The number of amides is 1. The molecule has 3 rings (SSSR count). The lowest BCUT2D eigenvalue weighted by Crippen LogP contribution is -2.42. The molecule has 1 aliphatic rings. The van der Waals surface area contributed by atoms with E-state index in [4.69, 9.17) is 5.73 Å². The van der Waals surface area contributed by atoms with Crippen LogP contribution in [-0.2, 0) is 11.2 Å². The van der Waals surface area contributed by atoms with Gasteiger partial charge in [-0.1, -0.05) is 12.1 Å². The Balaban J connectivity index is 0.00000176. The molecule has 1 aliphatic carbocycles. The summed E-state index contributed by atoms with van der Waals surface area (Å²) in [5, 5.41) is 7.22. The van der Waals surface area contributed by atoms with Crippen molar-refractivity contribution in [2.75, 3.05) is 6.54 Å². The molecule has 1 saturated carbocycles. The normalized spacial score (nSPS) is 15.0. The van der Waals surface area contributed by atoms with Crippen molar-refractivity contribution in [1.82, 2.24) is 15.1 Å². The lowest BCUT2D eigenvalue weighted by atomic mass is 10.1. The molecule has 118 valence electrons. The second-order valence-electron chi connectivity index (χ2n) is 5.54. The molecule has 1 unspecified atom stereocenters. The molecule has 5 nitrogen and oxygen atoms in total. The number of nitrogens with two attached hydrogens (primary N) is 1. The molecule has 0 spiro atoms. The number of hydrogen-bond donors (Lipinski definition) is 2. The number of nitrogens with one attached hydrogen (secondary N) is 1. The SMILES string of the molecule is Cl.NCC(NC(=O)Cc1ccc(-n2cccn2)cc1)C1CC1. The van der Waals surface area contributed by atoms with Crippen LogP contribution in [0.1, 0.15) is 18.4 Å². The van der Waals surface area contributed by atoms with E-state index in [0.717, 1.165) is 11.3 Å². The largest absolute Gasteiger partial charge is 0.352 e. The zero-order chi connectivity index (χ0) is 14.7. The third-order valence-electron chi connectivity index (χ3n) is 3.86. The summed E-state index contributed by atoms with van der Waals surface area (Å²) in [7, 11) is 0. The van der Waals surface area contributed by atoms with Gasteiger partial charge in [-0.05, 0) is 42.5 Å². The fourth-order valence-corrected chi connectivity index (χ4v) is 2.50. The van der Waals surface area contributed by atoms with E-state index in [2.05, 4.69) is 10.4 Å². The van der Waals surface area contributed by atoms with Crippen LogP contribution >= 0.6 is 12.4 Å². The average Bonchev–Trinajstić information content (AvgIpc) is 3.20. The lowest BCUT2D eigenvalue weighted by Gasteiger charge is -2.16. The van der Waals surface area contributed by atoms with E-state index in [1.165, 1.54) is 12.8 Å². The first-order chi connectivity index (χ1) is 10.3. The molecule has 2 aromatic rings. The van der Waals surface area contributed by atoms with Crippen LogP contribution < -0.4 is 11.1 Å². The van der Waals surface area contributed by atoms with Gasteiger partial charge in [0.1, 0.15) is 0 Å². The number of hydrogen-bond acceptors (Lipinski definition) is 3. The van der Waals surface area contributed by atoms with Gasteiger partial charge in [-0.2, -0.15) is 5.10 Å². The molecule has 1 atom stereocenters. The molecule has 1 aromatic carbocycles. The highest BCUT2D eigenvalue weighted by atomic mass is 35.5. The topological polar surface area (TPSA) is 72.9 Å². The Morgan fingerprint density at radius 3 is 2.64 bits per heavy atom. The molecule has 1 heterocycles. The molecule has 0 bridgehead atoms. The summed E-state index contributed by atoms with van der Waals surface area (Å²) in [5.74, 6) is 0.630.